The van der Waals surface area contributed by atoms with Crippen LogP contribution in [0, 0.1) is 0 Å². The molecular formula is C11H22N2O2. The van der Waals surface area contributed by atoms with Gasteiger partial charge in [0.05, 0.1) is 6.10 Å². The molecule has 0 spiro atoms. The van der Waals surface area contributed by atoms with Crippen LogP contribution in [0.15, 0.2) is 0 Å². The smallest absolute Gasteiger partial charge is 0.0708 e. The average Bonchev–Trinajstić information content (AvgIpc) is 2.30. The van der Waals surface area contributed by atoms with Crippen molar-refractivity contribution in [2.45, 2.75) is 25.0 Å². The Kier molecular flexibility index (Phi) is 3.97. The molecule has 0 amide bonds. The van der Waals surface area contributed by atoms with Crippen molar-refractivity contribution in [2.24, 2.45) is 0 Å². The van der Waals surface area contributed by atoms with Crippen LogP contribution in [0.25, 0.3) is 0 Å². The first-order chi connectivity index (χ1) is 7.31. The summed E-state index contributed by atoms with van der Waals surface area (Å²) in [5, 5.41) is 10.1. The maximum atomic E-state index is 10.1. The standard InChI is InChI=1S/C11H22N2O2/c1-15-8-2-3-11(14)10-9-12-4-6-13(10)7-5-12/h10-11,14H,2-9H2,1H3. The Bertz CT molecular complexity index is 193. The van der Waals surface area contributed by atoms with Gasteiger partial charge in [-0.1, -0.05) is 0 Å². The highest BCUT2D eigenvalue weighted by molar-refractivity contribution is 4.91. The molecule has 3 fully saturated rings. The van der Waals surface area contributed by atoms with Crippen molar-refractivity contribution >= 4 is 0 Å². The monoisotopic (exact) mass is 214 g/mol. The first-order valence-corrected chi connectivity index (χ1v) is 5.94. The molecule has 0 aromatic heterocycles. The summed E-state index contributed by atoms with van der Waals surface area (Å²) >= 11 is 0. The van der Waals surface area contributed by atoms with Gasteiger partial charge in [-0.15, -0.1) is 0 Å². The largest absolute Gasteiger partial charge is 0.391 e. The van der Waals surface area contributed by atoms with Crippen LogP contribution in [0.5, 0.6) is 0 Å². The molecule has 3 saturated heterocycles. The molecule has 3 heterocycles. The number of rotatable bonds is 5. The molecule has 2 unspecified atom stereocenters. The van der Waals surface area contributed by atoms with Gasteiger partial charge in [0.15, 0.2) is 0 Å². The summed E-state index contributed by atoms with van der Waals surface area (Å²) in [4.78, 5) is 4.90. The number of nitrogens with zero attached hydrogens (tertiary/aromatic N) is 2. The fraction of sp³-hybridized carbons (Fsp3) is 1.00. The van der Waals surface area contributed by atoms with E-state index >= 15 is 0 Å². The Morgan fingerprint density at radius 1 is 1.33 bits per heavy atom. The number of ether oxygens (including phenoxy) is 1. The molecular weight excluding hydrogens is 192 g/mol. The normalized spacial score (nSPS) is 36.8. The third kappa shape index (κ3) is 2.69. The van der Waals surface area contributed by atoms with E-state index in [9.17, 15) is 5.11 Å². The van der Waals surface area contributed by atoms with Crippen molar-refractivity contribution in [2.75, 3.05) is 46.4 Å². The second-order valence-corrected chi connectivity index (χ2v) is 4.61. The van der Waals surface area contributed by atoms with Gasteiger partial charge in [0.1, 0.15) is 0 Å². The topological polar surface area (TPSA) is 35.9 Å². The van der Waals surface area contributed by atoms with E-state index in [-0.39, 0.29) is 6.10 Å². The first-order valence-electron chi connectivity index (χ1n) is 5.94. The third-order valence-electron chi connectivity index (χ3n) is 3.61. The Labute approximate surface area is 91.8 Å². The van der Waals surface area contributed by atoms with Gasteiger partial charge in [-0.2, -0.15) is 0 Å². The summed E-state index contributed by atoms with van der Waals surface area (Å²) in [6, 6.07) is 0.365. The molecule has 3 rings (SSSR count). The maximum Gasteiger partial charge on any atom is 0.0708 e. The van der Waals surface area contributed by atoms with Gasteiger partial charge in [-0.25, -0.2) is 0 Å². The lowest BCUT2D eigenvalue weighted by Gasteiger charge is -2.49. The Morgan fingerprint density at radius 2 is 2.07 bits per heavy atom. The van der Waals surface area contributed by atoms with Crippen molar-refractivity contribution in [1.82, 2.24) is 9.80 Å². The molecule has 15 heavy (non-hydrogen) atoms. The van der Waals surface area contributed by atoms with Crippen LogP contribution < -0.4 is 0 Å². The summed E-state index contributed by atoms with van der Waals surface area (Å²) < 4.78 is 5.01. The minimum Gasteiger partial charge on any atom is -0.391 e. The van der Waals surface area contributed by atoms with E-state index in [4.69, 9.17) is 4.74 Å². The van der Waals surface area contributed by atoms with Crippen LogP contribution in [0.1, 0.15) is 12.8 Å². The van der Waals surface area contributed by atoms with Gasteiger partial charge >= 0.3 is 0 Å². The fourth-order valence-corrected chi connectivity index (χ4v) is 2.65. The molecule has 0 saturated carbocycles. The van der Waals surface area contributed by atoms with E-state index < -0.39 is 0 Å². The van der Waals surface area contributed by atoms with E-state index in [1.165, 1.54) is 13.1 Å². The Hall–Kier alpha value is -0.160. The highest BCUT2D eigenvalue weighted by Gasteiger charge is 2.35. The maximum absolute atomic E-state index is 10.1. The van der Waals surface area contributed by atoms with Crippen LogP contribution in [0.3, 0.4) is 0 Å². The zero-order valence-corrected chi connectivity index (χ0v) is 9.56. The minimum atomic E-state index is -0.178. The lowest BCUT2D eigenvalue weighted by atomic mass is 9.99. The molecule has 2 bridgehead atoms. The zero-order chi connectivity index (χ0) is 10.7. The number of methoxy groups -OCH3 is 1. The Morgan fingerprint density at radius 3 is 2.60 bits per heavy atom. The molecule has 0 aromatic rings. The van der Waals surface area contributed by atoms with E-state index in [2.05, 4.69) is 9.80 Å². The molecule has 88 valence electrons. The second kappa shape index (κ2) is 5.25. The number of aliphatic hydroxyl groups is 1. The van der Waals surface area contributed by atoms with Gasteiger partial charge in [-0.05, 0) is 12.8 Å². The van der Waals surface area contributed by atoms with E-state index in [1.807, 2.05) is 0 Å². The van der Waals surface area contributed by atoms with Crippen LogP contribution in [0.2, 0.25) is 0 Å². The number of aliphatic hydroxyl groups excluding tert-OH is 1. The number of piperazine rings is 3. The minimum absolute atomic E-state index is 0.178. The summed E-state index contributed by atoms with van der Waals surface area (Å²) in [7, 11) is 1.71. The van der Waals surface area contributed by atoms with Crippen LogP contribution in [-0.4, -0.2) is 73.5 Å². The quantitative estimate of drug-likeness (QED) is 0.642. The Balaban J connectivity index is 1.77. The highest BCUT2D eigenvalue weighted by atomic mass is 16.5. The van der Waals surface area contributed by atoms with E-state index in [0.29, 0.717) is 6.04 Å². The molecule has 0 radical (unpaired) electrons. The fourth-order valence-electron chi connectivity index (χ4n) is 2.65. The lowest BCUT2D eigenvalue weighted by Crippen LogP contribution is -2.64. The van der Waals surface area contributed by atoms with Crippen molar-refractivity contribution in [3.05, 3.63) is 0 Å². The third-order valence-corrected chi connectivity index (χ3v) is 3.61. The van der Waals surface area contributed by atoms with Gasteiger partial charge in [-0.3, -0.25) is 9.80 Å². The lowest BCUT2D eigenvalue weighted by molar-refractivity contribution is -0.0497. The average molecular weight is 214 g/mol. The number of fused-ring (bicyclic) bond motifs is 3. The van der Waals surface area contributed by atoms with Crippen molar-refractivity contribution in [3.63, 3.8) is 0 Å². The SMILES string of the molecule is COCCCC(O)C1CN2CCN1CC2. The van der Waals surface area contributed by atoms with E-state index in [0.717, 1.165) is 39.1 Å². The number of hydrogen-bond acceptors (Lipinski definition) is 4. The molecule has 2 atom stereocenters. The van der Waals surface area contributed by atoms with Gasteiger partial charge < -0.3 is 9.84 Å². The van der Waals surface area contributed by atoms with Gasteiger partial charge in [0.25, 0.3) is 0 Å². The molecule has 4 nitrogen and oxygen atoms in total. The summed E-state index contributed by atoms with van der Waals surface area (Å²) in [6.07, 6.45) is 1.65. The van der Waals surface area contributed by atoms with Gasteiger partial charge in [0.2, 0.25) is 0 Å². The van der Waals surface area contributed by atoms with Gasteiger partial charge in [0, 0.05) is 52.5 Å². The van der Waals surface area contributed by atoms with Crippen LogP contribution in [0.4, 0.5) is 0 Å². The van der Waals surface area contributed by atoms with Crippen molar-refractivity contribution in [1.29, 1.82) is 0 Å². The highest BCUT2D eigenvalue weighted by Crippen LogP contribution is 2.20. The van der Waals surface area contributed by atoms with Crippen molar-refractivity contribution in [3.8, 4) is 0 Å². The molecule has 3 aliphatic heterocycles. The van der Waals surface area contributed by atoms with E-state index in [1.54, 1.807) is 7.11 Å². The summed E-state index contributed by atoms with van der Waals surface area (Å²) in [6.45, 7) is 6.43. The predicted octanol–water partition coefficient (Wildman–Crippen LogP) is -0.226. The molecule has 0 aromatic carbocycles. The van der Waals surface area contributed by atoms with Crippen LogP contribution in [-0.2, 0) is 4.74 Å². The van der Waals surface area contributed by atoms with Crippen LogP contribution >= 0.6 is 0 Å². The zero-order valence-electron chi connectivity index (χ0n) is 9.56. The number of hydrogen-bond donors (Lipinski definition) is 1. The predicted molar refractivity (Wildman–Crippen MR) is 58.9 cm³/mol. The molecule has 0 aliphatic carbocycles. The molecule has 4 heteroatoms. The molecule has 3 aliphatic rings. The van der Waals surface area contributed by atoms with Crippen molar-refractivity contribution < 1.29 is 9.84 Å². The second-order valence-electron chi connectivity index (χ2n) is 4.61. The summed E-state index contributed by atoms with van der Waals surface area (Å²) in [5.41, 5.74) is 0. The first kappa shape index (κ1) is 11.3. The molecule has 1 N–H and O–H groups in total. The summed E-state index contributed by atoms with van der Waals surface area (Å²) in [5.74, 6) is 0.